The first-order chi connectivity index (χ1) is 6.27. The zero-order valence-corrected chi connectivity index (χ0v) is 8.05. The molecule has 0 aliphatic heterocycles. The predicted molar refractivity (Wildman–Crippen MR) is 51.3 cm³/mol. The number of nitrogens with two attached hydrogens (primary N) is 1. The molecule has 3 heteroatoms. The highest BCUT2D eigenvalue weighted by Gasteiger charge is 2.19. The lowest BCUT2D eigenvalue weighted by Gasteiger charge is -2.05. The molecule has 1 fully saturated rings. The molecule has 1 aromatic heterocycles. The molecule has 0 unspecified atom stereocenters. The van der Waals surface area contributed by atoms with Crippen molar-refractivity contribution in [2.45, 2.75) is 39.0 Å². The Kier molecular flexibility index (Phi) is 2.25. The molecular weight excluding hydrogens is 164 g/mol. The number of hydrogen-bond donors (Lipinski definition) is 1. The molecule has 0 bridgehead atoms. The molecule has 0 aromatic carbocycles. The van der Waals surface area contributed by atoms with E-state index in [2.05, 4.69) is 5.16 Å². The quantitative estimate of drug-likeness (QED) is 0.759. The highest BCUT2D eigenvalue weighted by Crippen LogP contribution is 2.29. The van der Waals surface area contributed by atoms with Crippen LogP contribution in [-0.4, -0.2) is 5.16 Å². The molecular formula is C10H16N2O. The third-order valence-corrected chi connectivity index (χ3v) is 3.01. The lowest BCUT2D eigenvalue weighted by molar-refractivity contribution is 0.360. The molecule has 0 saturated heterocycles. The number of rotatable bonds is 2. The first-order valence-electron chi connectivity index (χ1n) is 4.98. The van der Waals surface area contributed by atoms with Crippen molar-refractivity contribution >= 4 is 5.82 Å². The van der Waals surface area contributed by atoms with Gasteiger partial charge in [0.05, 0.1) is 0 Å². The molecule has 2 N–H and O–H groups in total. The molecule has 72 valence electrons. The van der Waals surface area contributed by atoms with Crippen LogP contribution in [0.3, 0.4) is 0 Å². The summed E-state index contributed by atoms with van der Waals surface area (Å²) >= 11 is 0. The van der Waals surface area contributed by atoms with E-state index in [4.69, 9.17) is 10.3 Å². The SMILES string of the molecule is Cc1c(N)noc1CC1CCCC1. The van der Waals surface area contributed by atoms with Gasteiger partial charge in [-0.2, -0.15) is 0 Å². The summed E-state index contributed by atoms with van der Waals surface area (Å²) in [6, 6.07) is 0. The van der Waals surface area contributed by atoms with Gasteiger partial charge in [0.25, 0.3) is 0 Å². The fourth-order valence-electron chi connectivity index (χ4n) is 2.05. The summed E-state index contributed by atoms with van der Waals surface area (Å²) in [5.74, 6) is 2.34. The van der Waals surface area contributed by atoms with Crippen LogP contribution in [0.2, 0.25) is 0 Å². The van der Waals surface area contributed by atoms with E-state index >= 15 is 0 Å². The monoisotopic (exact) mass is 180 g/mol. The minimum Gasteiger partial charge on any atom is -0.381 e. The molecule has 1 aliphatic carbocycles. The predicted octanol–water partition coefficient (Wildman–Crippen LogP) is 2.30. The Labute approximate surface area is 78.3 Å². The standard InChI is InChI=1S/C10H16N2O/c1-7-9(13-12-10(7)11)6-8-4-2-3-5-8/h8H,2-6H2,1H3,(H2,11,12). The van der Waals surface area contributed by atoms with E-state index < -0.39 is 0 Å². The average molecular weight is 180 g/mol. The summed E-state index contributed by atoms with van der Waals surface area (Å²) in [6.45, 7) is 1.98. The summed E-state index contributed by atoms with van der Waals surface area (Å²) in [5, 5.41) is 3.76. The highest BCUT2D eigenvalue weighted by atomic mass is 16.5. The van der Waals surface area contributed by atoms with Gasteiger partial charge in [-0.3, -0.25) is 0 Å². The molecule has 13 heavy (non-hydrogen) atoms. The minimum absolute atomic E-state index is 0.549. The molecule has 1 heterocycles. The van der Waals surface area contributed by atoms with Gasteiger partial charge in [0, 0.05) is 12.0 Å². The molecule has 3 nitrogen and oxygen atoms in total. The van der Waals surface area contributed by atoms with Crippen LogP contribution < -0.4 is 5.73 Å². The second kappa shape index (κ2) is 3.40. The summed E-state index contributed by atoms with van der Waals surface area (Å²) in [6.07, 6.45) is 6.43. The number of hydrogen-bond acceptors (Lipinski definition) is 3. The zero-order chi connectivity index (χ0) is 9.26. The number of aromatic nitrogens is 1. The van der Waals surface area contributed by atoms with Crippen molar-refractivity contribution in [3.63, 3.8) is 0 Å². The van der Waals surface area contributed by atoms with Crippen molar-refractivity contribution < 1.29 is 4.52 Å². The second-order valence-corrected chi connectivity index (χ2v) is 3.97. The van der Waals surface area contributed by atoms with Crippen molar-refractivity contribution in [3.05, 3.63) is 11.3 Å². The van der Waals surface area contributed by atoms with Gasteiger partial charge in [-0.15, -0.1) is 0 Å². The molecule has 0 amide bonds. The van der Waals surface area contributed by atoms with E-state index in [1.807, 2.05) is 6.92 Å². The van der Waals surface area contributed by atoms with Crippen molar-refractivity contribution in [1.82, 2.24) is 5.16 Å². The molecule has 0 atom stereocenters. The summed E-state index contributed by atoms with van der Waals surface area (Å²) in [4.78, 5) is 0. The van der Waals surface area contributed by atoms with Gasteiger partial charge in [0.1, 0.15) is 5.76 Å². The van der Waals surface area contributed by atoms with Gasteiger partial charge < -0.3 is 10.3 Å². The fraction of sp³-hybridized carbons (Fsp3) is 0.700. The maximum absolute atomic E-state index is 5.61. The van der Waals surface area contributed by atoms with Crippen LogP contribution in [-0.2, 0) is 6.42 Å². The Hall–Kier alpha value is -0.990. The van der Waals surface area contributed by atoms with Crippen molar-refractivity contribution in [2.24, 2.45) is 5.92 Å². The smallest absolute Gasteiger partial charge is 0.169 e. The summed E-state index contributed by atoms with van der Waals surface area (Å²) in [5.41, 5.74) is 6.64. The number of nitrogen functional groups attached to an aromatic ring is 1. The number of anilines is 1. The zero-order valence-electron chi connectivity index (χ0n) is 8.05. The summed E-state index contributed by atoms with van der Waals surface area (Å²) < 4.78 is 5.18. The van der Waals surface area contributed by atoms with E-state index in [0.29, 0.717) is 5.82 Å². The van der Waals surface area contributed by atoms with Crippen molar-refractivity contribution in [3.8, 4) is 0 Å². The van der Waals surface area contributed by atoms with E-state index in [0.717, 1.165) is 23.7 Å². The first-order valence-corrected chi connectivity index (χ1v) is 4.98. The fourth-order valence-corrected chi connectivity index (χ4v) is 2.05. The Morgan fingerprint density at radius 1 is 1.46 bits per heavy atom. The van der Waals surface area contributed by atoms with Crippen LogP contribution in [0, 0.1) is 12.8 Å². The highest BCUT2D eigenvalue weighted by molar-refractivity contribution is 5.38. The Bertz CT molecular complexity index is 287. The van der Waals surface area contributed by atoms with E-state index in [-0.39, 0.29) is 0 Å². The topological polar surface area (TPSA) is 52.0 Å². The number of nitrogens with zero attached hydrogens (tertiary/aromatic N) is 1. The molecule has 1 aromatic rings. The van der Waals surface area contributed by atoms with E-state index in [1.165, 1.54) is 25.7 Å². The van der Waals surface area contributed by atoms with Gasteiger partial charge in [0.15, 0.2) is 5.82 Å². The normalized spacial score (nSPS) is 18.2. The van der Waals surface area contributed by atoms with Crippen LogP contribution >= 0.6 is 0 Å². The third kappa shape index (κ3) is 1.69. The van der Waals surface area contributed by atoms with Crippen LogP contribution in [0.25, 0.3) is 0 Å². The first kappa shape index (κ1) is 8.60. The maximum atomic E-state index is 5.61. The Balaban J connectivity index is 2.04. The largest absolute Gasteiger partial charge is 0.381 e. The van der Waals surface area contributed by atoms with E-state index in [9.17, 15) is 0 Å². The van der Waals surface area contributed by atoms with Crippen LogP contribution in [0.4, 0.5) is 5.82 Å². The summed E-state index contributed by atoms with van der Waals surface area (Å²) in [7, 11) is 0. The molecule has 0 spiro atoms. The lowest BCUT2D eigenvalue weighted by Crippen LogP contribution is -1.99. The van der Waals surface area contributed by atoms with E-state index in [1.54, 1.807) is 0 Å². The van der Waals surface area contributed by atoms with Crippen LogP contribution in [0.15, 0.2) is 4.52 Å². The lowest BCUT2D eigenvalue weighted by atomic mass is 10.0. The van der Waals surface area contributed by atoms with Crippen molar-refractivity contribution in [2.75, 3.05) is 5.73 Å². The maximum Gasteiger partial charge on any atom is 0.169 e. The molecule has 2 rings (SSSR count). The average Bonchev–Trinajstić information content (AvgIpc) is 2.71. The molecule has 1 aliphatic rings. The van der Waals surface area contributed by atoms with Gasteiger partial charge in [-0.05, 0) is 12.8 Å². The second-order valence-electron chi connectivity index (χ2n) is 3.97. The minimum atomic E-state index is 0.549. The van der Waals surface area contributed by atoms with Crippen LogP contribution in [0.5, 0.6) is 0 Å². The van der Waals surface area contributed by atoms with Gasteiger partial charge in [0.2, 0.25) is 0 Å². The molecule has 1 saturated carbocycles. The van der Waals surface area contributed by atoms with Crippen LogP contribution in [0.1, 0.15) is 37.0 Å². The Morgan fingerprint density at radius 2 is 2.15 bits per heavy atom. The molecule has 0 radical (unpaired) electrons. The van der Waals surface area contributed by atoms with Crippen molar-refractivity contribution in [1.29, 1.82) is 0 Å². The third-order valence-electron chi connectivity index (χ3n) is 3.01. The Morgan fingerprint density at radius 3 is 2.69 bits per heavy atom. The van der Waals surface area contributed by atoms with Gasteiger partial charge in [-0.1, -0.05) is 30.8 Å². The van der Waals surface area contributed by atoms with Gasteiger partial charge in [-0.25, -0.2) is 0 Å². The van der Waals surface area contributed by atoms with Gasteiger partial charge >= 0.3 is 0 Å².